The van der Waals surface area contributed by atoms with E-state index < -0.39 is 6.10 Å². The zero-order valence-corrected chi connectivity index (χ0v) is 53.0. The van der Waals surface area contributed by atoms with Crippen LogP contribution in [0.1, 0.15) is 316 Å². The van der Waals surface area contributed by atoms with E-state index in [2.05, 4.69) is 142 Å². The van der Waals surface area contributed by atoms with Crippen LogP contribution in [-0.4, -0.2) is 37.2 Å². The molecule has 6 nitrogen and oxygen atoms in total. The highest BCUT2D eigenvalue weighted by atomic mass is 16.6. The van der Waals surface area contributed by atoms with E-state index in [1.807, 2.05) is 0 Å². The van der Waals surface area contributed by atoms with Gasteiger partial charge in [0.1, 0.15) is 13.2 Å². The minimum atomic E-state index is -0.807. The molecule has 1 atom stereocenters. The van der Waals surface area contributed by atoms with Gasteiger partial charge in [-0.25, -0.2) is 0 Å². The SMILES string of the molecule is CC/C=C\C/C=C\C/C=C\C/C=C\C/C=C\CCCCCC(=O)OC(COC(=O)CCCCCCCC/C=C\C/C=C\C/C=C\CCCCC)COC(=O)CCCCCCCCCCCCCCC/C=C\C/C=C\CCCCCCC. The highest BCUT2D eigenvalue weighted by Gasteiger charge is 2.19. The number of unbranched alkanes of at least 4 members (excludes halogenated alkanes) is 30. The third kappa shape index (κ3) is 66.5. The van der Waals surface area contributed by atoms with Gasteiger partial charge in [-0.3, -0.25) is 14.4 Å². The Kier molecular flexibility index (Phi) is 64.8. The first-order valence-electron chi connectivity index (χ1n) is 34.0. The average molecular weight is 1120 g/mol. The molecule has 0 fully saturated rings. The van der Waals surface area contributed by atoms with Crippen molar-refractivity contribution in [3.8, 4) is 0 Å². The molecule has 0 aliphatic rings. The summed E-state index contributed by atoms with van der Waals surface area (Å²) in [6.45, 7) is 6.48. The summed E-state index contributed by atoms with van der Waals surface area (Å²) in [5, 5.41) is 0. The number of carbonyl (C=O) groups is 3. The molecule has 0 aliphatic carbocycles. The summed E-state index contributed by atoms with van der Waals surface area (Å²) in [6.07, 6.45) is 94.9. The Morgan fingerprint density at radius 1 is 0.259 bits per heavy atom. The minimum Gasteiger partial charge on any atom is -0.462 e. The first-order chi connectivity index (χ1) is 40.0. The lowest BCUT2D eigenvalue weighted by Gasteiger charge is -2.18. The van der Waals surface area contributed by atoms with E-state index in [4.69, 9.17) is 14.2 Å². The van der Waals surface area contributed by atoms with Crippen molar-refractivity contribution < 1.29 is 28.6 Å². The summed E-state index contributed by atoms with van der Waals surface area (Å²) in [5.41, 5.74) is 0. The van der Waals surface area contributed by atoms with Crippen molar-refractivity contribution in [1.29, 1.82) is 0 Å². The number of hydrogen-bond donors (Lipinski definition) is 0. The molecule has 0 saturated carbocycles. The second kappa shape index (κ2) is 68.3. The van der Waals surface area contributed by atoms with Crippen molar-refractivity contribution in [2.75, 3.05) is 13.2 Å². The lowest BCUT2D eigenvalue weighted by Crippen LogP contribution is -2.30. The van der Waals surface area contributed by atoms with Gasteiger partial charge in [0.2, 0.25) is 0 Å². The molecule has 0 bridgehead atoms. The van der Waals surface area contributed by atoms with Gasteiger partial charge in [-0.05, 0) is 135 Å². The van der Waals surface area contributed by atoms with E-state index >= 15 is 0 Å². The summed E-state index contributed by atoms with van der Waals surface area (Å²) in [5.74, 6) is -0.936. The summed E-state index contributed by atoms with van der Waals surface area (Å²) >= 11 is 0. The molecular weight excluding hydrogens is 997 g/mol. The van der Waals surface area contributed by atoms with Crippen LogP contribution in [0, 0.1) is 0 Å². The predicted molar refractivity (Wildman–Crippen MR) is 353 cm³/mol. The molecule has 0 aliphatic heterocycles. The Balaban J connectivity index is 4.43. The molecule has 0 rings (SSSR count). The number of rotatable bonds is 61. The van der Waals surface area contributed by atoms with Crippen LogP contribution in [0.5, 0.6) is 0 Å². The van der Waals surface area contributed by atoms with Crippen molar-refractivity contribution in [3.05, 3.63) is 122 Å². The third-order valence-electron chi connectivity index (χ3n) is 14.4. The van der Waals surface area contributed by atoms with E-state index in [1.54, 1.807) is 0 Å². The fraction of sp³-hybridized carbons (Fsp3) is 0.693. The Hall–Kier alpha value is -4.19. The molecule has 0 saturated heterocycles. The van der Waals surface area contributed by atoms with Crippen molar-refractivity contribution in [2.45, 2.75) is 322 Å². The molecule has 6 heteroatoms. The van der Waals surface area contributed by atoms with E-state index in [0.717, 1.165) is 128 Å². The predicted octanol–water partition coefficient (Wildman–Crippen LogP) is 23.6. The smallest absolute Gasteiger partial charge is 0.306 e. The minimum absolute atomic E-state index is 0.0978. The molecule has 0 heterocycles. The van der Waals surface area contributed by atoms with Crippen LogP contribution in [0.15, 0.2) is 122 Å². The molecule has 0 aromatic carbocycles. The standard InChI is InChI=1S/C75H126O6/c1-4-7-10-13-16-19-22-25-28-31-34-35-36-37-38-39-42-44-47-50-53-56-59-62-65-68-74(77)80-71-72(81-75(78)69-66-63-60-57-54-51-48-45-41-33-30-27-24-21-18-15-12-9-6-3)70-79-73(76)67-64-61-58-55-52-49-46-43-40-32-29-26-23-20-17-14-11-8-5-2/h9,12,17-18,20-22,25-27,29-31,34,40-41,43,45,51,54,72H,4-8,10-11,13-16,19,23-24,28,32-33,35-39,42,44,46-50,52-53,55-71H2,1-3H3/b12-9-,20-17-,21-18-,25-22-,29-26-,30-27-,34-31-,43-40-,45-41-,54-51-. The van der Waals surface area contributed by atoms with Crippen LogP contribution in [-0.2, 0) is 28.6 Å². The van der Waals surface area contributed by atoms with Crippen LogP contribution in [0.4, 0.5) is 0 Å². The zero-order chi connectivity index (χ0) is 58.5. The van der Waals surface area contributed by atoms with Gasteiger partial charge in [0.25, 0.3) is 0 Å². The Bertz CT molecular complexity index is 1670. The molecular formula is C75H126O6. The number of ether oxygens (including phenoxy) is 3. The number of carbonyl (C=O) groups excluding carboxylic acids is 3. The van der Waals surface area contributed by atoms with Crippen LogP contribution >= 0.6 is 0 Å². The molecule has 0 N–H and O–H groups in total. The fourth-order valence-corrected chi connectivity index (χ4v) is 9.33. The van der Waals surface area contributed by atoms with Crippen LogP contribution in [0.25, 0.3) is 0 Å². The van der Waals surface area contributed by atoms with Gasteiger partial charge < -0.3 is 14.2 Å². The highest BCUT2D eigenvalue weighted by Crippen LogP contribution is 2.16. The van der Waals surface area contributed by atoms with Gasteiger partial charge in [0, 0.05) is 19.3 Å². The van der Waals surface area contributed by atoms with Crippen LogP contribution in [0.2, 0.25) is 0 Å². The van der Waals surface area contributed by atoms with Crippen LogP contribution in [0.3, 0.4) is 0 Å². The molecule has 1 unspecified atom stereocenters. The third-order valence-corrected chi connectivity index (χ3v) is 14.4. The maximum atomic E-state index is 12.9. The molecule has 0 aromatic rings. The van der Waals surface area contributed by atoms with Gasteiger partial charge in [-0.15, -0.1) is 0 Å². The number of allylic oxidation sites excluding steroid dienone is 20. The lowest BCUT2D eigenvalue weighted by atomic mass is 10.0. The van der Waals surface area contributed by atoms with Gasteiger partial charge in [-0.2, -0.15) is 0 Å². The molecule has 81 heavy (non-hydrogen) atoms. The summed E-state index contributed by atoms with van der Waals surface area (Å²) in [6, 6.07) is 0. The lowest BCUT2D eigenvalue weighted by molar-refractivity contribution is -0.167. The second-order valence-corrected chi connectivity index (χ2v) is 22.3. The zero-order valence-electron chi connectivity index (χ0n) is 53.0. The fourth-order valence-electron chi connectivity index (χ4n) is 9.33. The largest absolute Gasteiger partial charge is 0.462 e. The quantitative estimate of drug-likeness (QED) is 0.0261. The highest BCUT2D eigenvalue weighted by molar-refractivity contribution is 5.71. The summed E-state index contributed by atoms with van der Waals surface area (Å²) < 4.78 is 16.9. The van der Waals surface area contributed by atoms with Crippen molar-refractivity contribution in [1.82, 2.24) is 0 Å². The topological polar surface area (TPSA) is 78.9 Å². The number of esters is 3. The second-order valence-electron chi connectivity index (χ2n) is 22.3. The van der Waals surface area contributed by atoms with Gasteiger partial charge in [-0.1, -0.05) is 284 Å². The van der Waals surface area contributed by atoms with E-state index in [1.165, 1.54) is 148 Å². The first kappa shape index (κ1) is 76.8. The van der Waals surface area contributed by atoms with Crippen molar-refractivity contribution in [2.24, 2.45) is 0 Å². The Morgan fingerprint density at radius 3 is 0.790 bits per heavy atom. The maximum Gasteiger partial charge on any atom is 0.306 e. The van der Waals surface area contributed by atoms with Gasteiger partial charge in [0.15, 0.2) is 6.10 Å². The summed E-state index contributed by atoms with van der Waals surface area (Å²) in [4.78, 5) is 38.4. The van der Waals surface area contributed by atoms with Crippen LogP contribution < -0.4 is 0 Å². The molecule has 0 spiro atoms. The van der Waals surface area contributed by atoms with E-state index in [0.29, 0.717) is 12.8 Å². The van der Waals surface area contributed by atoms with E-state index in [9.17, 15) is 14.4 Å². The van der Waals surface area contributed by atoms with Gasteiger partial charge >= 0.3 is 17.9 Å². The monoisotopic (exact) mass is 1120 g/mol. The summed E-state index contributed by atoms with van der Waals surface area (Å²) in [7, 11) is 0. The molecule has 0 radical (unpaired) electrons. The van der Waals surface area contributed by atoms with E-state index in [-0.39, 0.29) is 37.5 Å². The molecule has 0 amide bonds. The maximum absolute atomic E-state index is 12.9. The van der Waals surface area contributed by atoms with Crippen molar-refractivity contribution >= 4 is 17.9 Å². The first-order valence-corrected chi connectivity index (χ1v) is 34.0. The Morgan fingerprint density at radius 2 is 0.481 bits per heavy atom. The normalized spacial score (nSPS) is 12.9. The Labute approximate surface area is 501 Å². The molecule has 0 aromatic heterocycles. The van der Waals surface area contributed by atoms with Crippen molar-refractivity contribution in [3.63, 3.8) is 0 Å². The van der Waals surface area contributed by atoms with Gasteiger partial charge in [0.05, 0.1) is 0 Å². The number of hydrogen-bond acceptors (Lipinski definition) is 6. The average Bonchev–Trinajstić information content (AvgIpc) is 3.47. The molecule has 462 valence electrons.